The van der Waals surface area contributed by atoms with Crippen LogP contribution in [-0.2, 0) is 7.05 Å². The molecule has 0 bridgehead atoms. The highest BCUT2D eigenvalue weighted by Crippen LogP contribution is 2.16. The number of hydrazone groups is 1. The smallest absolute Gasteiger partial charge is 0.320 e. The molecule has 0 aliphatic carbocycles. The van der Waals surface area contributed by atoms with E-state index in [1.54, 1.807) is 6.20 Å². The van der Waals surface area contributed by atoms with Crippen molar-refractivity contribution in [2.75, 3.05) is 0 Å². The monoisotopic (exact) mass is 312 g/mol. The Kier molecular flexibility index (Phi) is 3.59. The van der Waals surface area contributed by atoms with Gasteiger partial charge in [-0.25, -0.2) is 5.43 Å². The minimum Gasteiger partial charge on any atom is -0.361 e. The molecular weight excluding hydrogens is 300 g/mol. The Labute approximate surface area is 129 Å². The lowest BCUT2D eigenvalue weighted by atomic mass is 10.2. The van der Waals surface area contributed by atoms with Crippen LogP contribution in [0.1, 0.15) is 16.1 Å². The molecule has 0 spiro atoms. The summed E-state index contributed by atoms with van der Waals surface area (Å²) >= 11 is 0. The van der Waals surface area contributed by atoms with Gasteiger partial charge in [0.1, 0.15) is 6.20 Å². The average molecular weight is 312 g/mol. The van der Waals surface area contributed by atoms with Crippen molar-refractivity contribution in [3.05, 3.63) is 58.0 Å². The minimum absolute atomic E-state index is 0.284. The van der Waals surface area contributed by atoms with Crippen LogP contribution in [0.3, 0.4) is 0 Å². The van der Waals surface area contributed by atoms with Crippen LogP contribution in [-0.4, -0.2) is 31.8 Å². The Morgan fingerprint density at radius 1 is 1.48 bits per heavy atom. The third kappa shape index (κ3) is 2.79. The number of hydrogen-bond donors (Lipinski definition) is 2. The topological polar surface area (TPSA) is 118 Å². The number of aromatic nitrogens is 3. The molecule has 1 aromatic carbocycles. The number of para-hydroxylation sites is 1. The van der Waals surface area contributed by atoms with Crippen LogP contribution in [0.25, 0.3) is 10.9 Å². The Morgan fingerprint density at radius 3 is 3.04 bits per heavy atom. The highest BCUT2D eigenvalue weighted by molar-refractivity contribution is 6.00. The second kappa shape index (κ2) is 5.72. The van der Waals surface area contributed by atoms with E-state index in [4.69, 9.17) is 0 Å². The predicted molar refractivity (Wildman–Crippen MR) is 83.2 cm³/mol. The van der Waals surface area contributed by atoms with Crippen molar-refractivity contribution in [3.8, 4) is 0 Å². The number of nitrogens with one attached hydrogen (secondary N) is 2. The van der Waals surface area contributed by atoms with E-state index < -0.39 is 10.8 Å². The van der Waals surface area contributed by atoms with Crippen LogP contribution in [0, 0.1) is 10.1 Å². The van der Waals surface area contributed by atoms with Gasteiger partial charge in [0.2, 0.25) is 5.69 Å². The minimum atomic E-state index is -0.742. The molecular formula is C14H12N6O3. The molecule has 0 atom stereocenters. The lowest BCUT2D eigenvalue weighted by molar-refractivity contribution is -0.385. The zero-order valence-corrected chi connectivity index (χ0v) is 12.1. The molecule has 0 aliphatic rings. The first-order chi connectivity index (χ1) is 11.1. The maximum absolute atomic E-state index is 12.0. The van der Waals surface area contributed by atoms with Crippen LogP contribution in [0.15, 0.2) is 41.8 Å². The van der Waals surface area contributed by atoms with Gasteiger partial charge in [-0.15, -0.1) is 0 Å². The fourth-order valence-electron chi connectivity index (χ4n) is 2.19. The number of fused-ring (bicyclic) bond motifs is 1. The van der Waals surface area contributed by atoms with Crippen LogP contribution >= 0.6 is 0 Å². The summed E-state index contributed by atoms with van der Waals surface area (Å²) in [5.41, 5.74) is 3.33. The Hall–Kier alpha value is -3.49. The molecule has 9 nitrogen and oxygen atoms in total. The Morgan fingerprint density at radius 2 is 2.26 bits per heavy atom. The fraction of sp³-hybridized carbons (Fsp3) is 0.0714. The van der Waals surface area contributed by atoms with E-state index in [1.165, 1.54) is 17.9 Å². The highest BCUT2D eigenvalue weighted by atomic mass is 16.6. The van der Waals surface area contributed by atoms with Crippen molar-refractivity contribution < 1.29 is 9.72 Å². The van der Waals surface area contributed by atoms with Gasteiger partial charge in [0.05, 0.1) is 11.1 Å². The van der Waals surface area contributed by atoms with Gasteiger partial charge >= 0.3 is 5.69 Å². The number of aryl methyl sites for hydroxylation is 1. The first kappa shape index (κ1) is 14.4. The molecule has 2 heterocycles. The molecule has 0 saturated carbocycles. The molecule has 9 heteroatoms. The van der Waals surface area contributed by atoms with Gasteiger partial charge in [-0.3, -0.25) is 19.6 Å². The van der Waals surface area contributed by atoms with Crippen molar-refractivity contribution in [2.24, 2.45) is 12.1 Å². The normalized spacial score (nSPS) is 11.2. The number of amides is 1. The lowest BCUT2D eigenvalue weighted by Crippen LogP contribution is -2.19. The predicted octanol–water partition coefficient (Wildman–Crippen LogP) is 1.57. The molecule has 0 aliphatic heterocycles. The average Bonchev–Trinajstić information content (AvgIpc) is 3.11. The maximum Gasteiger partial charge on any atom is 0.320 e. The third-order valence-corrected chi connectivity index (χ3v) is 3.21. The number of rotatable bonds is 4. The van der Waals surface area contributed by atoms with Gasteiger partial charge in [-0.1, -0.05) is 18.2 Å². The first-order valence-corrected chi connectivity index (χ1v) is 6.64. The van der Waals surface area contributed by atoms with Crippen LogP contribution < -0.4 is 5.43 Å². The van der Waals surface area contributed by atoms with Crippen molar-refractivity contribution in [1.82, 2.24) is 20.2 Å². The molecule has 1 amide bonds. The number of aromatic amines is 1. The molecule has 23 heavy (non-hydrogen) atoms. The molecule has 3 rings (SSSR count). The Balaban J connectivity index is 1.78. The number of carbonyl (C=O) groups excluding carboxylic acids is 1. The molecule has 0 fully saturated rings. The third-order valence-electron chi connectivity index (χ3n) is 3.21. The van der Waals surface area contributed by atoms with Crippen LogP contribution in [0.2, 0.25) is 0 Å². The molecule has 3 aromatic rings. The first-order valence-electron chi connectivity index (χ1n) is 6.64. The summed E-state index contributed by atoms with van der Waals surface area (Å²) in [6.45, 7) is 0. The van der Waals surface area contributed by atoms with Crippen LogP contribution in [0.5, 0.6) is 0 Å². The molecule has 2 aromatic heterocycles. The van der Waals surface area contributed by atoms with Crippen LogP contribution in [0.4, 0.5) is 5.69 Å². The maximum atomic E-state index is 12.0. The van der Waals surface area contributed by atoms with Gasteiger partial charge in [0.15, 0.2) is 0 Å². The number of nitrogens with zero attached hydrogens (tertiary/aromatic N) is 4. The van der Waals surface area contributed by atoms with E-state index in [-0.39, 0.29) is 11.4 Å². The fourth-order valence-corrected chi connectivity index (χ4v) is 2.19. The standard InChI is InChI=1S/C14H12N6O3/c1-19-8-12(20(22)23)13(18-19)14(21)17-16-7-9-6-15-11-5-3-2-4-10(9)11/h2-8,15H,1H3,(H,17,21)/b16-7+. The summed E-state index contributed by atoms with van der Waals surface area (Å²) in [6, 6.07) is 7.63. The quantitative estimate of drug-likeness (QED) is 0.432. The van der Waals surface area contributed by atoms with Gasteiger partial charge < -0.3 is 4.98 Å². The van der Waals surface area contributed by atoms with E-state index in [0.29, 0.717) is 0 Å². The number of H-pyrrole nitrogens is 1. The lowest BCUT2D eigenvalue weighted by Gasteiger charge is -1.95. The zero-order valence-electron chi connectivity index (χ0n) is 12.1. The van der Waals surface area contributed by atoms with Crippen molar-refractivity contribution >= 4 is 28.7 Å². The van der Waals surface area contributed by atoms with Crippen molar-refractivity contribution in [2.45, 2.75) is 0 Å². The molecule has 0 saturated heterocycles. The van der Waals surface area contributed by atoms with E-state index in [2.05, 4.69) is 20.6 Å². The van der Waals surface area contributed by atoms with Gasteiger partial charge in [0, 0.05) is 29.7 Å². The molecule has 0 radical (unpaired) electrons. The summed E-state index contributed by atoms with van der Waals surface area (Å²) in [7, 11) is 1.50. The summed E-state index contributed by atoms with van der Waals surface area (Å²) < 4.78 is 1.20. The second-order valence-electron chi connectivity index (χ2n) is 4.78. The number of carbonyl (C=O) groups is 1. The van der Waals surface area contributed by atoms with Gasteiger partial charge in [-0.05, 0) is 6.07 Å². The second-order valence-corrected chi connectivity index (χ2v) is 4.78. The van der Waals surface area contributed by atoms with E-state index in [0.717, 1.165) is 22.7 Å². The Bertz CT molecular complexity index is 924. The van der Waals surface area contributed by atoms with Gasteiger partial charge in [-0.2, -0.15) is 10.2 Å². The van der Waals surface area contributed by atoms with Crippen molar-refractivity contribution in [1.29, 1.82) is 0 Å². The number of benzene rings is 1. The molecule has 2 N–H and O–H groups in total. The summed E-state index contributed by atoms with van der Waals surface area (Å²) in [6.07, 6.45) is 4.38. The van der Waals surface area contributed by atoms with E-state index in [9.17, 15) is 14.9 Å². The summed E-state index contributed by atoms with van der Waals surface area (Å²) in [5, 5.41) is 19.4. The zero-order chi connectivity index (χ0) is 16.4. The summed E-state index contributed by atoms with van der Waals surface area (Å²) in [5.74, 6) is -0.742. The summed E-state index contributed by atoms with van der Waals surface area (Å²) in [4.78, 5) is 25.3. The van der Waals surface area contributed by atoms with Crippen molar-refractivity contribution in [3.63, 3.8) is 0 Å². The van der Waals surface area contributed by atoms with E-state index in [1.807, 2.05) is 24.3 Å². The largest absolute Gasteiger partial charge is 0.361 e. The SMILES string of the molecule is Cn1cc([N+](=O)[O-])c(C(=O)N/N=C/c2c[nH]c3ccccc23)n1. The number of hydrogen-bond acceptors (Lipinski definition) is 5. The van der Waals surface area contributed by atoms with E-state index >= 15 is 0 Å². The highest BCUT2D eigenvalue weighted by Gasteiger charge is 2.24. The van der Waals surface area contributed by atoms with Gasteiger partial charge in [0.25, 0.3) is 5.91 Å². The number of nitro groups is 1. The molecule has 0 unspecified atom stereocenters. The molecule has 116 valence electrons.